The number of para-hydroxylation sites is 1. The van der Waals surface area contributed by atoms with Gasteiger partial charge in [-0.15, -0.1) is 0 Å². The van der Waals surface area contributed by atoms with Crippen molar-refractivity contribution in [2.45, 2.75) is 24.2 Å². The Morgan fingerprint density at radius 2 is 1.82 bits per heavy atom. The summed E-state index contributed by atoms with van der Waals surface area (Å²) in [6, 6.07) is 12.8. The molecule has 148 valence electrons. The first-order chi connectivity index (χ1) is 13.5. The number of amides is 1. The zero-order valence-electron chi connectivity index (χ0n) is 15.3. The number of nitrogens with zero attached hydrogens (tertiary/aromatic N) is 1. The molecule has 0 aromatic heterocycles. The van der Waals surface area contributed by atoms with E-state index in [1.54, 1.807) is 36.4 Å². The van der Waals surface area contributed by atoms with Gasteiger partial charge in [0.1, 0.15) is 5.75 Å². The highest BCUT2D eigenvalue weighted by Gasteiger charge is 2.26. The molecule has 1 fully saturated rings. The summed E-state index contributed by atoms with van der Waals surface area (Å²) in [6.07, 6.45) is 3.40. The van der Waals surface area contributed by atoms with Crippen LogP contribution in [0.3, 0.4) is 0 Å². The van der Waals surface area contributed by atoms with E-state index in [9.17, 15) is 18.0 Å². The summed E-state index contributed by atoms with van der Waals surface area (Å²) in [5, 5.41) is 2.63. The molecule has 0 saturated carbocycles. The number of nitrogens with one attached hydrogen (secondary N) is 1. The number of carbonyl (C=O) groups is 2. The van der Waals surface area contributed by atoms with E-state index >= 15 is 0 Å². The van der Waals surface area contributed by atoms with Gasteiger partial charge in [0.2, 0.25) is 10.0 Å². The lowest BCUT2D eigenvalue weighted by Gasteiger charge is -2.26. The van der Waals surface area contributed by atoms with Gasteiger partial charge in [-0.25, -0.2) is 8.42 Å². The van der Waals surface area contributed by atoms with E-state index < -0.39 is 15.9 Å². The predicted octanol–water partition coefficient (Wildman–Crippen LogP) is 2.69. The molecule has 1 saturated heterocycles. The van der Waals surface area contributed by atoms with Gasteiger partial charge in [-0.1, -0.05) is 24.6 Å². The number of sulfonamides is 1. The van der Waals surface area contributed by atoms with Crippen molar-refractivity contribution in [3.05, 3.63) is 54.1 Å². The Morgan fingerprint density at radius 3 is 2.57 bits per heavy atom. The Kier molecular flexibility index (Phi) is 6.43. The molecule has 0 unspecified atom stereocenters. The molecule has 0 bridgehead atoms. The number of ether oxygens (including phenoxy) is 1. The molecule has 7 nitrogen and oxygen atoms in total. The molecular formula is C20H22N2O5S. The maximum absolute atomic E-state index is 12.8. The Bertz CT molecular complexity index is 953. The lowest BCUT2D eigenvalue weighted by Crippen LogP contribution is -2.35. The van der Waals surface area contributed by atoms with Gasteiger partial charge >= 0.3 is 0 Å². The zero-order chi connectivity index (χ0) is 20.0. The second-order valence-corrected chi connectivity index (χ2v) is 8.42. The van der Waals surface area contributed by atoms with Crippen LogP contribution in [0, 0.1) is 0 Å². The maximum atomic E-state index is 12.8. The molecule has 8 heteroatoms. The molecule has 0 radical (unpaired) electrons. The molecule has 2 aromatic carbocycles. The van der Waals surface area contributed by atoms with Gasteiger partial charge in [0, 0.05) is 18.8 Å². The Hall–Kier alpha value is -2.71. The minimum Gasteiger partial charge on any atom is -0.483 e. The SMILES string of the molecule is O=Cc1ccccc1OCC(=O)Nc1cccc(S(=O)(=O)N2CCCCC2)c1. The van der Waals surface area contributed by atoms with Gasteiger partial charge in [-0.05, 0) is 43.2 Å². The third-order valence-electron chi connectivity index (χ3n) is 4.48. The number of anilines is 1. The molecule has 2 aromatic rings. The quantitative estimate of drug-likeness (QED) is 0.719. The molecule has 28 heavy (non-hydrogen) atoms. The summed E-state index contributed by atoms with van der Waals surface area (Å²) in [7, 11) is -3.57. The molecule has 1 N–H and O–H groups in total. The van der Waals surface area contributed by atoms with Crippen LogP contribution in [0.2, 0.25) is 0 Å². The van der Waals surface area contributed by atoms with Crippen LogP contribution < -0.4 is 10.1 Å². The summed E-state index contributed by atoms with van der Waals surface area (Å²) < 4.78 is 32.4. The van der Waals surface area contributed by atoms with Crippen molar-refractivity contribution < 1.29 is 22.7 Å². The molecular weight excluding hydrogens is 380 g/mol. The molecule has 1 aliphatic heterocycles. The third-order valence-corrected chi connectivity index (χ3v) is 6.37. The fourth-order valence-electron chi connectivity index (χ4n) is 3.04. The van der Waals surface area contributed by atoms with Crippen molar-refractivity contribution in [1.82, 2.24) is 4.31 Å². The van der Waals surface area contributed by atoms with E-state index in [0.29, 0.717) is 36.4 Å². The molecule has 1 heterocycles. The summed E-state index contributed by atoms with van der Waals surface area (Å²) in [4.78, 5) is 23.3. The van der Waals surface area contributed by atoms with Crippen LogP contribution in [0.5, 0.6) is 5.75 Å². The van der Waals surface area contributed by atoms with Crippen molar-refractivity contribution in [1.29, 1.82) is 0 Å². The number of piperidine rings is 1. The monoisotopic (exact) mass is 402 g/mol. The summed E-state index contributed by atoms with van der Waals surface area (Å²) in [5.74, 6) is -0.137. The minimum absolute atomic E-state index is 0.152. The number of aldehydes is 1. The lowest BCUT2D eigenvalue weighted by molar-refractivity contribution is -0.118. The second-order valence-electron chi connectivity index (χ2n) is 6.49. The maximum Gasteiger partial charge on any atom is 0.262 e. The first kappa shape index (κ1) is 20.0. The van der Waals surface area contributed by atoms with Gasteiger partial charge in [-0.3, -0.25) is 9.59 Å². The topological polar surface area (TPSA) is 92.8 Å². The van der Waals surface area contributed by atoms with Crippen LogP contribution in [0.4, 0.5) is 5.69 Å². The van der Waals surface area contributed by atoms with Gasteiger partial charge in [0.25, 0.3) is 5.91 Å². The zero-order valence-corrected chi connectivity index (χ0v) is 16.2. The normalized spacial score (nSPS) is 15.0. The highest BCUT2D eigenvalue weighted by Crippen LogP contribution is 2.23. The first-order valence-corrected chi connectivity index (χ1v) is 10.5. The smallest absolute Gasteiger partial charge is 0.262 e. The number of hydrogen-bond acceptors (Lipinski definition) is 5. The Morgan fingerprint density at radius 1 is 1.07 bits per heavy atom. The van der Waals surface area contributed by atoms with Crippen molar-refractivity contribution in [3.63, 3.8) is 0 Å². The van der Waals surface area contributed by atoms with Gasteiger partial charge in [-0.2, -0.15) is 4.31 Å². The number of benzene rings is 2. The number of carbonyl (C=O) groups excluding carboxylic acids is 2. The van der Waals surface area contributed by atoms with Crippen LogP contribution in [-0.4, -0.2) is 44.6 Å². The minimum atomic E-state index is -3.57. The molecule has 1 amide bonds. The summed E-state index contributed by atoms with van der Waals surface area (Å²) in [5.41, 5.74) is 0.722. The first-order valence-electron chi connectivity index (χ1n) is 9.08. The Balaban J connectivity index is 1.65. The van der Waals surface area contributed by atoms with Crippen molar-refractivity contribution in [3.8, 4) is 5.75 Å². The molecule has 0 spiro atoms. The number of rotatable bonds is 7. The molecule has 1 aliphatic rings. The summed E-state index contributed by atoms with van der Waals surface area (Å²) >= 11 is 0. The lowest BCUT2D eigenvalue weighted by atomic mass is 10.2. The van der Waals surface area contributed by atoms with Crippen LogP contribution >= 0.6 is 0 Å². The predicted molar refractivity (Wildman–Crippen MR) is 105 cm³/mol. The van der Waals surface area contributed by atoms with Gasteiger partial charge in [0.05, 0.1) is 10.5 Å². The molecule has 0 aliphatic carbocycles. The van der Waals surface area contributed by atoms with E-state index in [1.165, 1.54) is 16.4 Å². The van der Waals surface area contributed by atoms with E-state index in [2.05, 4.69) is 5.32 Å². The van der Waals surface area contributed by atoms with Gasteiger partial charge in [0.15, 0.2) is 12.9 Å². The van der Waals surface area contributed by atoms with Crippen LogP contribution in [-0.2, 0) is 14.8 Å². The van der Waals surface area contributed by atoms with E-state index in [-0.39, 0.29) is 11.5 Å². The average molecular weight is 402 g/mol. The van der Waals surface area contributed by atoms with E-state index in [4.69, 9.17) is 4.74 Å². The van der Waals surface area contributed by atoms with Crippen molar-refractivity contribution >= 4 is 27.9 Å². The largest absolute Gasteiger partial charge is 0.483 e. The van der Waals surface area contributed by atoms with Crippen LogP contribution in [0.25, 0.3) is 0 Å². The standard InChI is InChI=1S/C20H22N2O5S/c23-14-16-7-2-3-10-19(16)27-15-20(24)21-17-8-6-9-18(13-17)28(25,26)22-11-4-1-5-12-22/h2-3,6-10,13-14H,1,4-5,11-12,15H2,(H,21,24). The third kappa shape index (κ3) is 4.76. The Labute approximate surface area is 164 Å². The van der Waals surface area contributed by atoms with Crippen molar-refractivity contribution in [2.24, 2.45) is 0 Å². The average Bonchev–Trinajstić information content (AvgIpc) is 2.73. The second kappa shape index (κ2) is 8.99. The fourth-order valence-corrected chi connectivity index (χ4v) is 4.60. The summed E-state index contributed by atoms with van der Waals surface area (Å²) in [6.45, 7) is 0.736. The van der Waals surface area contributed by atoms with E-state index in [0.717, 1.165) is 19.3 Å². The molecule has 0 atom stereocenters. The van der Waals surface area contributed by atoms with Gasteiger partial charge < -0.3 is 10.1 Å². The number of hydrogen-bond donors (Lipinski definition) is 1. The fraction of sp³-hybridized carbons (Fsp3) is 0.300. The van der Waals surface area contributed by atoms with Crippen LogP contribution in [0.1, 0.15) is 29.6 Å². The van der Waals surface area contributed by atoms with E-state index in [1.807, 2.05) is 0 Å². The van der Waals surface area contributed by atoms with Crippen molar-refractivity contribution in [2.75, 3.05) is 25.0 Å². The highest BCUT2D eigenvalue weighted by atomic mass is 32.2. The molecule has 3 rings (SSSR count). The van der Waals surface area contributed by atoms with Crippen LogP contribution in [0.15, 0.2) is 53.4 Å². The highest BCUT2D eigenvalue weighted by molar-refractivity contribution is 7.89.